The number of aromatic carboxylic acids is 1. The third-order valence-corrected chi connectivity index (χ3v) is 4.51. The number of carbonyl (C=O) groups is 1. The average Bonchev–Trinajstić information content (AvgIpc) is 2.63. The number of carboxylic acid groups (broad SMARTS) is 1. The number of fused-ring (bicyclic) bond motifs is 1. The zero-order chi connectivity index (χ0) is 19.6. The molecule has 0 bridgehead atoms. The van der Waals surface area contributed by atoms with E-state index in [9.17, 15) is 14.7 Å². The number of carboxylic acids is 1. The van der Waals surface area contributed by atoms with E-state index in [2.05, 4.69) is 18.9 Å². The van der Waals surface area contributed by atoms with Gasteiger partial charge in [0, 0.05) is 5.39 Å². The summed E-state index contributed by atoms with van der Waals surface area (Å²) in [6, 6.07) is 12.5. The quantitative estimate of drug-likeness (QED) is 0.721. The summed E-state index contributed by atoms with van der Waals surface area (Å²) >= 11 is 0. The number of nitrogens with zero attached hydrogens (tertiary/aromatic N) is 2. The van der Waals surface area contributed by atoms with E-state index in [-0.39, 0.29) is 24.4 Å². The summed E-state index contributed by atoms with van der Waals surface area (Å²) in [7, 11) is 0. The molecule has 0 spiro atoms. The Bertz CT molecular complexity index is 1050. The molecule has 27 heavy (non-hydrogen) atoms. The summed E-state index contributed by atoms with van der Waals surface area (Å²) in [5, 5.41) is 14.1. The smallest absolute Gasteiger partial charge is 0.357 e. The molecule has 6 nitrogen and oxygen atoms in total. The lowest BCUT2D eigenvalue weighted by molar-refractivity contribution is 0.0689. The summed E-state index contributed by atoms with van der Waals surface area (Å²) in [5.41, 5.74) is 1.95. The van der Waals surface area contributed by atoms with Crippen molar-refractivity contribution in [3.05, 3.63) is 69.6 Å². The first-order valence-corrected chi connectivity index (χ1v) is 8.85. The molecular weight excluding hydrogens is 344 g/mol. The summed E-state index contributed by atoms with van der Waals surface area (Å²) in [5.74, 6) is -0.0150. The number of hydrogen-bond acceptors (Lipinski definition) is 4. The van der Waals surface area contributed by atoms with Crippen LogP contribution in [0.15, 0.2) is 47.3 Å². The van der Waals surface area contributed by atoms with Crippen molar-refractivity contribution < 1.29 is 14.6 Å². The van der Waals surface area contributed by atoms with Crippen LogP contribution in [0.3, 0.4) is 0 Å². The Kier molecular flexibility index (Phi) is 5.26. The Labute approximate surface area is 157 Å². The summed E-state index contributed by atoms with van der Waals surface area (Å²) < 4.78 is 6.90. The van der Waals surface area contributed by atoms with Crippen molar-refractivity contribution in [3.8, 4) is 5.75 Å². The molecular formula is C21H22N2O4. The average molecular weight is 366 g/mol. The molecule has 1 heterocycles. The normalized spacial score (nSPS) is 11.1. The molecule has 140 valence electrons. The van der Waals surface area contributed by atoms with Crippen molar-refractivity contribution >= 4 is 16.7 Å². The Morgan fingerprint density at radius 1 is 1.19 bits per heavy atom. The molecule has 0 unspecified atom stereocenters. The van der Waals surface area contributed by atoms with Gasteiger partial charge in [-0.1, -0.05) is 38.1 Å². The molecule has 0 atom stereocenters. The van der Waals surface area contributed by atoms with Gasteiger partial charge < -0.3 is 9.84 Å². The van der Waals surface area contributed by atoms with Crippen molar-refractivity contribution in [2.24, 2.45) is 0 Å². The van der Waals surface area contributed by atoms with Gasteiger partial charge in [0.05, 0.1) is 11.9 Å². The minimum absolute atomic E-state index is 0.137. The van der Waals surface area contributed by atoms with E-state index >= 15 is 0 Å². The molecule has 0 amide bonds. The van der Waals surface area contributed by atoms with Crippen molar-refractivity contribution in [3.63, 3.8) is 0 Å². The highest BCUT2D eigenvalue weighted by atomic mass is 16.5. The van der Waals surface area contributed by atoms with Gasteiger partial charge in [-0.25, -0.2) is 9.48 Å². The molecule has 6 heteroatoms. The highest BCUT2D eigenvalue weighted by Crippen LogP contribution is 2.23. The fourth-order valence-corrected chi connectivity index (χ4v) is 3.18. The zero-order valence-corrected chi connectivity index (χ0v) is 15.6. The fourth-order valence-electron chi connectivity index (χ4n) is 3.18. The molecule has 1 N–H and O–H groups in total. The molecule has 1 aromatic heterocycles. The minimum Gasteiger partial charge on any atom is -0.492 e. The van der Waals surface area contributed by atoms with Crippen LogP contribution < -0.4 is 10.3 Å². The first-order valence-electron chi connectivity index (χ1n) is 8.85. The Morgan fingerprint density at radius 3 is 2.52 bits per heavy atom. The van der Waals surface area contributed by atoms with Crippen LogP contribution in [0.5, 0.6) is 5.75 Å². The SMILES string of the molecule is Cc1cc(OCCn2nc(C(=O)O)c3ccccc3c2=O)ccc1C(C)C. The van der Waals surface area contributed by atoms with Gasteiger partial charge >= 0.3 is 5.97 Å². The second-order valence-electron chi connectivity index (χ2n) is 6.75. The summed E-state index contributed by atoms with van der Waals surface area (Å²) in [4.78, 5) is 24.1. The van der Waals surface area contributed by atoms with Gasteiger partial charge in [-0.2, -0.15) is 5.10 Å². The van der Waals surface area contributed by atoms with Gasteiger partial charge in [0.2, 0.25) is 0 Å². The van der Waals surface area contributed by atoms with Crippen LogP contribution in [0.25, 0.3) is 10.8 Å². The van der Waals surface area contributed by atoms with Crippen molar-refractivity contribution in [2.45, 2.75) is 33.2 Å². The van der Waals surface area contributed by atoms with E-state index in [1.165, 1.54) is 5.56 Å². The number of hydrogen-bond donors (Lipinski definition) is 1. The van der Waals surface area contributed by atoms with Crippen molar-refractivity contribution in [2.75, 3.05) is 6.61 Å². The van der Waals surface area contributed by atoms with Gasteiger partial charge in [0.25, 0.3) is 5.56 Å². The van der Waals surface area contributed by atoms with Gasteiger partial charge in [-0.15, -0.1) is 0 Å². The van der Waals surface area contributed by atoms with E-state index in [1.54, 1.807) is 24.3 Å². The third kappa shape index (κ3) is 3.84. The van der Waals surface area contributed by atoms with Gasteiger partial charge in [-0.05, 0) is 42.2 Å². The monoisotopic (exact) mass is 366 g/mol. The Hall–Kier alpha value is -3.15. The Balaban J connectivity index is 1.81. The van der Waals surface area contributed by atoms with Crippen LogP contribution in [0.4, 0.5) is 0 Å². The van der Waals surface area contributed by atoms with E-state index in [1.807, 2.05) is 25.1 Å². The van der Waals surface area contributed by atoms with Crippen LogP contribution in [0.2, 0.25) is 0 Å². The van der Waals surface area contributed by atoms with Crippen LogP contribution in [0.1, 0.15) is 41.4 Å². The summed E-state index contributed by atoms with van der Waals surface area (Å²) in [6.45, 7) is 6.69. The van der Waals surface area contributed by atoms with E-state index in [0.29, 0.717) is 22.4 Å². The van der Waals surface area contributed by atoms with Crippen molar-refractivity contribution in [1.82, 2.24) is 9.78 Å². The lowest BCUT2D eigenvalue weighted by atomic mass is 9.98. The fraction of sp³-hybridized carbons (Fsp3) is 0.286. The highest BCUT2D eigenvalue weighted by molar-refractivity contribution is 6.01. The predicted octanol–water partition coefficient (Wildman–Crippen LogP) is 3.61. The lowest BCUT2D eigenvalue weighted by Crippen LogP contribution is -2.28. The maximum absolute atomic E-state index is 12.6. The van der Waals surface area contributed by atoms with Crippen LogP contribution in [0, 0.1) is 6.92 Å². The standard InChI is InChI=1S/C21H22N2O4/c1-13(2)16-9-8-15(12-14(16)3)27-11-10-23-20(24)18-7-5-4-6-17(18)19(22-23)21(25)26/h4-9,12-13H,10-11H2,1-3H3,(H,25,26). The molecule has 2 aromatic carbocycles. The molecule has 3 aromatic rings. The zero-order valence-electron chi connectivity index (χ0n) is 15.6. The van der Waals surface area contributed by atoms with Crippen LogP contribution >= 0.6 is 0 Å². The molecule has 0 aliphatic carbocycles. The summed E-state index contributed by atoms with van der Waals surface area (Å²) in [6.07, 6.45) is 0. The first kappa shape index (κ1) is 18.6. The maximum Gasteiger partial charge on any atom is 0.357 e. The molecule has 0 saturated heterocycles. The van der Waals surface area contributed by atoms with Crippen LogP contribution in [-0.4, -0.2) is 27.5 Å². The number of aromatic nitrogens is 2. The van der Waals surface area contributed by atoms with Gasteiger partial charge in [-0.3, -0.25) is 4.79 Å². The largest absolute Gasteiger partial charge is 0.492 e. The molecule has 0 aliphatic rings. The van der Waals surface area contributed by atoms with E-state index in [4.69, 9.17) is 4.74 Å². The third-order valence-electron chi connectivity index (χ3n) is 4.51. The van der Waals surface area contributed by atoms with Gasteiger partial charge in [0.15, 0.2) is 5.69 Å². The predicted molar refractivity (Wildman–Crippen MR) is 104 cm³/mol. The lowest BCUT2D eigenvalue weighted by Gasteiger charge is -2.13. The first-order chi connectivity index (χ1) is 12.9. The molecule has 0 aliphatic heterocycles. The Morgan fingerprint density at radius 2 is 1.89 bits per heavy atom. The van der Waals surface area contributed by atoms with E-state index < -0.39 is 5.97 Å². The van der Waals surface area contributed by atoms with Crippen LogP contribution in [-0.2, 0) is 6.54 Å². The molecule has 0 saturated carbocycles. The number of ether oxygens (including phenoxy) is 1. The van der Waals surface area contributed by atoms with E-state index in [0.717, 1.165) is 10.2 Å². The van der Waals surface area contributed by atoms with Gasteiger partial charge in [0.1, 0.15) is 12.4 Å². The maximum atomic E-state index is 12.6. The second-order valence-corrected chi connectivity index (χ2v) is 6.75. The topological polar surface area (TPSA) is 81.4 Å². The van der Waals surface area contributed by atoms with Crippen molar-refractivity contribution in [1.29, 1.82) is 0 Å². The highest BCUT2D eigenvalue weighted by Gasteiger charge is 2.15. The second kappa shape index (κ2) is 7.61. The number of aryl methyl sites for hydroxylation is 1. The molecule has 3 rings (SSSR count). The number of benzene rings is 2. The number of rotatable bonds is 6. The molecule has 0 radical (unpaired) electrons. The molecule has 0 fully saturated rings. The minimum atomic E-state index is -1.17.